The minimum atomic E-state index is -0.653. The van der Waals surface area contributed by atoms with Crippen LogP contribution < -0.4 is 14.8 Å². The second kappa shape index (κ2) is 9.58. The summed E-state index contributed by atoms with van der Waals surface area (Å²) >= 11 is 6.44. The van der Waals surface area contributed by atoms with Crippen molar-refractivity contribution < 1.29 is 33.0 Å². The summed E-state index contributed by atoms with van der Waals surface area (Å²) in [5, 5.41) is 2.84. The molecule has 0 unspecified atom stereocenters. The molecule has 10 heteroatoms. The lowest BCUT2D eigenvalue weighted by atomic mass is 10.1. The van der Waals surface area contributed by atoms with Gasteiger partial charge in [0, 0.05) is 0 Å². The summed E-state index contributed by atoms with van der Waals surface area (Å²) in [5.41, 5.74) is 0.106. The van der Waals surface area contributed by atoms with Crippen molar-refractivity contribution in [1.29, 1.82) is 0 Å². The Balaban J connectivity index is 1.85. The molecular formula is C23H25ClN2O7. The van der Waals surface area contributed by atoms with Crippen molar-refractivity contribution in [2.24, 2.45) is 0 Å². The van der Waals surface area contributed by atoms with Gasteiger partial charge in [-0.3, -0.25) is 9.69 Å². The molecule has 1 aromatic carbocycles. The van der Waals surface area contributed by atoms with E-state index in [-0.39, 0.29) is 23.8 Å². The minimum Gasteiger partial charge on any atom is -0.490 e. The molecule has 1 saturated heterocycles. The molecule has 3 rings (SSSR count). The third-order valence-electron chi connectivity index (χ3n) is 4.38. The predicted octanol–water partition coefficient (Wildman–Crippen LogP) is 4.39. The fraction of sp³-hybridized carbons (Fsp3) is 0.348. The van der Waals surface area contributed by atoms with Crippen LogP contribution >= 0.6 is 11.6 Å². The average Bonchev–Trinajstić information content (AvgIpc) is 3.30. The van der Waals surface area contributed by atoms with Gasteiger partial charge in [-0.05, 0) is 63.6 Å². The normalized spacial score (nSPS) is 15.1. The fourth-order valence-corrected chi connectivity index (χ4v) is 3.31. The lowest BCUT2D eigenvalue weighted by Crippen LogP contribution is -2.30. The van der Waals surface area contributed by atoms with E-state index in [1.807, 2.05) is 27.7 Å². The number of methoxy groups -OCH3 is 1. The molecule has 0 spiro atoms. The van der Waals surface area contributed by atoms with E-state index in [9.17, 15) is 14.4 Å². The van der Waals surface area contributed by atoms with Crippen LogP contribution in [0.3, 0.4) is 0 Å². The van der Waals surface area contributed by atoms with Gasteiger partial charge in [-0.15, -0.1) is 0 Å². The van der Waals surface area contributed by atoms with Gasteiger partial charge in [0.25, 0.3) is 5.91 Å². The Morgan fingerprint density at radius 2 is 1.97 bits per heavy atom. The molecule has 1 aromatic heterocycles. The van der Waals surface area contributed by atoms with Gasteiger partial charge >= 0.3 is 12.0 Å². The van der Waals surface area contributed by atoms with Crippen LogP contribution in [0.5, 0.6) is 11.5 Å². The number of imide groups is 1. The maximum Gasteiger partial charge on any atom is 0.373 e. The molecule has 0 aliphatic carbocycles. The van der Waals surface area contributed by atoms with Crippen LogP contribution in [0.4, 0.5) is 4.79 Å². The number of nitrogens with one attached hydrogen (secondary N) is 1. The smallest absolute Gasteiger partial charge is 0.373 e. The molecule has 176 valence electrons. The molecule has 1 N–H and O–H groups in total. The van der Waals surface area contributed by atoms with E-state index in [1.54, 1.807) is 12.1 Å². The first-order valence-corrected chi connectivity index (χ1v) is 10.6. The summed E-state index contributed by atoms with van der Waals surface area (Å²) in [6.45, 7) is 7.74. The predicted molar refractivity (Wildman–Crippen MR) is 120 cm³/mol. The van der Waals surface area contributed by atoms with Crippen molar-refractivity contribution in [3.8, 4) is 11.5 Å². The number of hydrogen-bond donors (Lipinski definition) is 1. The van der Waals surface area contributed by atoms with Gasteiger partial charge in [0.1, 0.15) is 17.1 Å². The number of halogens is 1. The molecule has 1 aliphatic heterocycles. The number of carbonyl (C=O) groups excluding carboxylic acids is 3. The molecule has 2 aromatic rings. The van der Waals surface area contributed by atoms with Gasteiger partial charge in [-0.2, -0.15) is 0 Å². The number of carbonyl (C=O) groups is 3. The monoisotopic (exact) mass is 476 g/mol. The van der Waals surface area contributed by atoms with E-state index >= 15 is 0 Å². The highest BCUT2D eigenvalue weighted by Gasteiger charge is 2.34. The van der Waals surface area contributed by atoms with Gasteiger partial charge < -0.3 is 23.9 Å². The largest absolute Gasteiger partial charge is 0.490 e. The zero-order chi connectivity index (χ0) is 24.3. The van der Waals surface area contributed by atoms with E-state index in [0.717, 1.165) is 4.90 Å². The van der Waals surface area contributed by atoms with E-state index in [1.165, 1.54) is 25.3 Å². The quantitative estimate of drug-likeness (QED) is 0.358. The fourth-order valence-electron chi connectivity index (χ4n) is 3.05. The zero-order valence-corrected chi connectivity index (χ0v) is 19.7. The highest BCUT2D eigenvalue weighted by Crippen LogP contribution is 2.39. The Bertz CT molecular complexity index is 1110. The first kappa shape index (κ1) is 24.2. The average molecular weight is 477 g/mol. The second-order valence-corrected chi connectivity index (χ2v) is 8.52. The van der Waals surface area contributed by atoms with Crippen LogP contribution in [-0.2, 0) is 16.1 Å². The van der Waals surface area contributed by atoms with E-state index in [4.69, 9.17) is 25.5 Å². The molecule has 3 amide bonds. The van der Waals surface area contributed by atoms with Crippen LogP contribution in [0.15, 0.2) is 34.4 Å². The number of urea groups is 1. The minimum absolute atomic E-state index is 0.0222. The second-order valence-electron chi connectivity index (χ2n) is 8.11. The summed E-state index contributed by atoms with van der Waals surface area (Å²) in [6, 6.07) is 5.59. The molecule has 0 radical (unpaired) electrons. The lowest BCUT2D eigenvalue weighted by Gasteiger charge is -2.24. The molecule has 2 heterocycles. The van der Waals surface area contributed by atoms with Crippen LogP contribution in [0.1, 0.15) is 49.6 Å². The third-order valence-corrected chi connectivity index (χ3v) is 4.66. The molecule has 1 fully saturated rings. The third kappa shape index (κ3) is 5.67. The summed E-state index contributed by atoms with van der Waals surface area (Å²) in [7, 11) is 1.23. The topological polar surface area (TPSA) is 107 Å². The number of esters is 1. The van der Waals surface area contributed by atoms with Gasteiger partial charge in [0.05, 0.1) is 25.3 Å². The Kier molecular flexibility index (Phi) is 7.02. The van der Waals surface area contributed by atoms with Crippen molar-refractivity contribution in [1.82, 2.24) is 10.2 Å². The summed E-state index contributed by atoms with van der Waals surface area (Å²) in [4.78, 5) is 37.7. The van der Waals surface area contributed by atoms with Crippen molar-refractivity contribution in [3.05, 3.63) is 52.1 Å². The molecule has 33 heavy (non-hydrogen) atoms. The van der Waals surface area contributed by atoms with Crippen molar-refractivity contribution in [2.75, 3.05) is 13.7 Å². The highest BCUT2D eigenvalue weighted by atomic mass is 35.5. The number of amides is 3. The Morgan fingerprint density at radius 3 is 2.61 bits per heavy atom. The number of benzene rings is 1. The lowest BCUT2D eigenvalue weighted by molar-refractivity contribution is -0.123. The molecular weight excluding hydrogens is 452 g/mol. The van der Waals surface area contributed by atoms with E-state index < -0.39 is 23.5 Å². The van der Waals surface area contributed by atoms with Crippen LogP contribution in [-0.4, -0.2) is 42.1 Å². The van der Waals surface area contributed by atoms with Crippen molar-refractivity contribution in [2.45, 2.75) is 39.8 Å². The van der Waals surface area contributed by atoms with Gasteiger partial charge in [0.15, 0.2) is 11.5 Å². The maximum atomic E-state index is 12.8. The van der Waals surface area contributed by atoms with E-state index in [2.05, 4.69) is 10.1 Å². The summed E-state index contributed by atoms with van der Waals surface area (Å²) < 4.78 is 21.5. The van der Waals surface area contributed by atoms with Gasteiger partial charge in [-0.1, -0.05) is 11.6 Å². The van der Waals surface area contributed by atoms with Gasteiger partial charge in [-0.25, -0.2) is 9.59 Å². The van der Waals surface area contributed by atoms with Crippen molar-refractivity contribution >= 4 is 35.6 Å². The van der Waals surface area contributed by atoms with Crippen LogP contribution in [0.25, 0.3) is 6.08 Å². The maximum absolute atomic E-state index is 12.8. The molecule has 0 atom stereocenters. The zero-order valence-electron chi connectivity index (χ0n) is 19.0. The standard InChI is InChI=1S/C23H25ClN2O7/c1-6-31-18-11-13(9-15(24)19(18)33-23(2,3)4)10-16-20(27)26(22(29)25-16)12-14-7-8-17(32-14)21(28)30-5/h7-11H,6,12H2,1-5H3,(H,25,29). The Morgan fingerprint density at radius 1 is 1.24 bits per heavy atom. The number of hydrogen-bond acceptors (Lipinski definition) is 7. The van der Waals surface area contributed by atoms with Crippen molar-refractivity contribution in [3.63, 3.8) is 0 Å². The van der Waals surface area contributed by atoms with Crippen LogP contribution in [0.2, 0.25) is 5.02 Å². The van der Waals surface area contributed by atoms with E-state index in [0.29, 0.717) is 28.7 Å². The molecule has 0 bridgehead atoms. The summed E-state index contributed by atoms with van der Waals surface area (Å²) in [5.74, 6) is -0.154. The van der Waals surface area contributed by atoms with Gasteiger partial charge in [0.2, 0.25) is 5.76 Å². The summed E-state index contributed by atoms with van der Waals surface area (Å²) in [6.07, 6.45) is 1.50. The number of rotatable bonds is 7. The Labute approximate surface area is 196 Å². The SMILES string of the molecule is CCOc1cc(C=C2NC(=O)N(Cc3ccc(C(=O)OC)o3)C2=O)cc(Cl)c1OC(C)(C)C. The Hall–Kier alpha value is -3.46. The first-order chi connectivity index (χ1) is 15.5. The number of ether oxygens (including phenoxy) is 3. The molecule has 1 aliphatic rings. The van der Waals surface area contributed by atoms with Crippen LogP contribution in [0, 0.1) is 0 Å². The molecule has 9 nitrogen and oxygen atoms in total. The molecule has 0 saturated carbocycles. The first-order valence-electron chi connectivity index (χ1n) is 10.2. The number of furan rings is 1. The number of nitrogens with zero attached hydrogens (tertiary/aromatic N) is 1. The highest BCUT2D eigenvalue weighted by molar-refractivity contribution is 6.32.